The molecule has 1 aliphatic heterocycles. The highest BCUT2D eigenvalue weighted by atomic mass is 32.2. The Morgan fingerprint density at radius 2 is 1.73 bits per heavy atom. The van der Waals surface area contributed by atoms with Gasteiger partial charge in [0, 0.05) is 11.4 Å². The summed E-state index contributed by atoms with van der Waals surface area (Å²) >= 11 is 1.56. The number of hydrogen-bond acceptors (Lipinski definition) is 5. The molecule has 0 saturated carbocycles. The fourth-order valence-electron chi connectivity index (χ4n) is 3.59. The van der Waals surface area contributed by atoms with Crippen molar-refractivity contribution in [1.29, 1.82) is 0 Å². The largest absolute Gasteiger partial charge is 0.376 e. The summed E-state index contributed by atoms with van der Waals surface area (Å²) in [6.45, 7) is 5.36. The van der Waals surface area contributed by atoms with Gasteiger partial charge in [-0.05, 0) is 31.5 Å². The van der Waals surface area contributed by atoms with E-state index in [2.05, 4.69) is 31.1 Å². The molecule has 2 aromatic carbocycles. The monoisotopic (exact) mass is 418 g/mol. The van der Waals surface area contributed by atoms with Crippen LogP contribution in [0.5, 0.6) is 0 Å². The van der Waals surface area contributed by atoms with Crippen molar-refractivity contribution in [3.8, 4) is 5.69 Å². The van der Waals surface area contributed by atoms with Crippen LogP contribution in [0.1, 0.15) is 24.7 Å². The molecule has 6 nitrogen and oxygen atoms in total. The Morgan fingerprint density at radius 3 is 2.37 bits per heavy atom. The molecule has 0 spiro atoms. The lowest BCUT2D eigenvalue weighted by Gasteiger charge is -2.37. The van der Waals surface area contributed by atoms with E-state index >= 15 is 0 Å². The summed E-state index contributed by atoms with van der Waals surface area (Å²) in [5.41, 5.74) is 2.12. The lowest BCUT2D eigenvalue weighted by atomic mass is 10.0. The third-order valence-electron chi connectivity index (χ3n) is 5.47. The first-order valence-electron chi connectivity index (χ1n) is 9.93. The highest BCUT2D eigenvalue weighted by molar-refractivity contribution is 7.99. The molecule has 1 saturated heterocycles. The normalized spacial score (nSPS) is 16.3. The van der Waals surface area contributed by atoms with Gasteiger partial charge in [-0.15, -0.1) is 0 Å². The van der Waals surface area contributed by atoms with Gasteiger partial charge in [0.05, 0.1) is 18.9 Å². The summed E-state index contributed by atoms with van der Waals surface area (Å²) in [4.78, 5) is 18.4. The molecule has 3 heterocycles. The van der Waals surface area contributed by atoms with E-state index in [0.29, 0.717) is 29.4 Å². The predicted molar refractivity (Wildman–Crippen MR) is 118 cm³/mol. The van der Waals surface area contributed by atoms with E-state index in [0.717, 1.165) is 5.69 Å². The minimum Gasteiger partial charge on any atom is -0.376 e. The molecule has 2 aromatic heterocycles. The molecule has 7 heteroatoms. The van der Waals surface area contributed by atoms with Crippen molar-refractivity contribution in [2.24, 2.45) is 0 Å². The van der Waals surface area contributed by atoms with Gasteiger partial charge in [0.25, 0.3) is 5.56 Å². The smallest absolute Gasteiger partial charge is 0.269 e. The first-order valence-corrected chi connectivity index (χ1v) is 10.8. The van der Waals surface area contributed by atoms with E-state index in [9.17, 15) is 4.79 Å². The van der Waals surface area contributed by atoms with E-state index in [1.807, 2.05) is 59.4 Å². The molecule has 30 heavy (non-hydrogen) atoms. The summed E-state index contributed by atoms with van der Waals surface area (Å²) < 4.78 is 8.89. The summed E-state index contributed by atoms with van der Waals surface area (Å²) in [7, 11) is 0. The number of nitrogens with zero attached hydrogens (tertiary/aromatic N) is 4. The van der Waals surface area contributed by atoms with Gasteiger partial charge in [0.15, 0.2) is 10.8 Å². The SMILES string of the molecule is CC(Sc1nc2nn(C3(C)COC3)cc2c(=O)n1-c1ccccc1)c1ccccc1. The number of fused-ring (bicyclic) bond motifs is 1. The van der Waals surface area contributed by atoms with E-state index in [-0.39, 0.29) is 16.3 Å². The first kappa shape index (κ1) is 19.1. The van der Waals surface area contributed by atoms with E-state index in [1.165, 1.54) is 5.56 Å². The Morgan fingerprint density at radius 1 is 1.07 bits per heavy atom. The maximum atomic E-state index is 13.5. The Balaban J connectivity index is 1.66. The van der Waals surface area contributed by atoms with E-state index in [4.69, 9.17) is 9.72 Å². The van der Waals surface area contributed by atoms with Crippen LogP contribution in [0.4, 0.5) is 0 Å². The molecule has 0 aliphatic carbocycles. The highest BCUT2D eigenvalue weighted by Gasteiger charge is 2.37. The van der Waals surface area contributed by atoms with Crippen molar-refractivity contribution >= 4 is 22.8 Å². The van der Waals surface area contributed by atoms with Gasteiger partial charge in [-0.1, -0.05) is 60.3 Å². The van der Waals surface area contributed by atoms with Crippen LogP contribution in [-0.4, -0.2) is 32.5 Å². The minimum atomic E-state index is -0.227. The van der Waals surface area contributed by atoms with E-state index < -0.39 is 0 Å². The second-order valence-corrected chi connectivity index (χ2v) is 9.15. The fraction of sp³-hybridized carbons (Fsp3) is 0.261. The number of hydrogen-bond donors (Lipinski definition) is 0. The highest BCUT2D eigenvalue weighted by Crippen LogP contribution is 2.35. The molecule has 152 valence electrons. The van der Waals surface area contributed by atoms with Gasteiger partial charge < -0.3 is 4.74 Å². The molecule has 0 amide bonds. The van der Waals surface area contributed by atoms with Crippen LogP contribution in [0.3, 0.4) is 0 Å². The van der Waals surface area contributed by atoms with Crippen molar-refractivity contribution < 1.29 is 4.74 Å². The number of thioether (sulfide) groups is 1. The van der Waals surface area contributed by atoms with Crippen molar-refractivity contribution in [1.82, 2.24) is 19.3 Å². The Labute approximate surface area is 178 Å². The zero-order valence-corrected chi connectivity index (χ0v) is 17.7. The predicted octanol–water partition coefficient (Wildman–Crippen LogP) is 4.18. The third kappa shape index (κ3) is 3.24. The number of rotatable bonds is 5. The topological polar surface area (TPSA) is 61.9 Å². The molecular weight excluding hydrogens is 396 g/mol. The maximum Gasteiger partial charge on any atom is 0.269 e. The summed E-state index contributed by atoms with van der Waals surface area (Å²) in [6, 6.07) is 19.9. The van der Waals surface area contributed by atoms with Crippen molar-refractivity contribution in [2.75, 3.05) is 13.2 Å². The number of aromatic nitrogens is 4. The van der Waals surface area contributed by atoms with Gasteiger partial charge >= 0.3 is 0 Å². The molecule has 1 fully saturated rings. The Hall–Kier alpha value is -2.90. The number of benzene rings is 2. The standard InChI is InChI=1S/C23H22N4O2S/c1-16(17-9-5-3-6-10-17)30-22-24-20-19(13-26(25-20)23(2)14-29-15-23)21(28)27(22)18-11-7-4-8-12-18/h3-13,16H,14-15H2,1-2H3. The van der Waals surface area contributed by atoms with Crippen LogP contribution in [0.15, 0.2) is 76.8 Å². The Bertz CT molecular complexity index is 1250. The molecule has 1 unspecified atom stereocenters. The van der Waals surface area contributed by atoms with Gasteiger partial charge in [0.2, 0.25) is 0 Å². The van der Waals surface area contributed by atoms with Gasteiger partial charge in [0.1, 0.15) is 10.9 Å². The van der Waals surface area contributed by atoms with Crippen LogP contribution in [0.25, 0.3) is 16.7 Å². The maximum absolute atomic E-state index is 13.5. The minimum absolute atomic E-state index is 0.107. The van der Waals surface area contributed by atoms with E-state index in [1.54, 1.807) is 16.3 Å². The quantitative estimate of drug-likeness (QED) is 0.359. The lowest BCUT2D eigenvalue weighted by Crippen LogP contribution is -2.49. The van der Waals surface area contributed by atoms with Crippen LogP contribution in [0, 0.1) is 0 Å². The van der Waals surface area contributed by atoms with Gasteiger partial charge in [-0.25, -0.2) is 4.98 Å². The second kappa shape index (κ2) is 7.41. The average molecular weight is 419 g/mol. The summed E-state index contributed by atoms with van der Waals surface area (Å²) in [5.74, 6) is 0. The third-order valence-corrected chi connectivity index (χ3v) is 6.58. The van der Waals surface area contributed by atoms with Crippen LogP contribution in [-0.2, 0) is 10.3 Å². The van der Waals surface area contributed by atoms with Crippen LogP contribution in [0.2, 0.25) is 0 Å². The first-order chi connectivity index (χ1) is 14.5. The number of ether oxygens (including phenoxy) is 1. The molecule has 1 atom stereocenters. The number of para-hydroxylation sites is 1. The molecule has 4 aromatic rings. The Kier molecular flexibility index (Phi) is 4.72. The fourth-order valence-corrected chi connectivity index (χ4v) is 4.63. The molecule has 0 N–H and O–H groups in total. The van der Waals surface area contributed by atoms with Crippen LogP contribution < -0.4 is 5.56 Å². The molecule has 5 rings (SSSR count). The van der Waals surface area contributed by atoms with Gasteiger partial charge in [-0.3, -0.25) is 14.0 Å². The van der Waals surface area contributed by atoms with Crippen molar-refractivity contribution in [3.05, 3.63) is 82.8 Å². The summed E-state index contributed by atoms with van der Waals surface area (Å²) in [5, 5.41) is 5.92. The average Bonchev–Trinajstić information content (AvgIpc) is 3.18. The van der Waals surface area contributed by atoms with Crippen molar-refractivity contribution in [2.45, 2.75) is 29.8 Å². The molecule has 0 radical (unpaired) electrons. The molecule has 1 aliphatic rings. The molecular formula is C23H22N4O2S. The van der Waals surface area contributed by atoms with Crippen LogP contribution >= 0.6 is 11.8 Å². The zero-order chi connectivity index (χ0) is 20.7. The lowest BCUT2D eigenvalue weighted by molar-refractivity contribution is -0.0955. The van der Waals surface area contributed by atoms with Crippen molar-refractivity contribution in [3.63, 3.8) is 0 Å². The molecule has 0 bridgehead atoms. The second-order valence-electron chi connectivity index (χ2n) is 7.84. The van der Waals surface area contributed by atoms with Gasteiger partial charge in [-0.2, -0.15) is 5.10 Å². The zero-order valence-electron chi connectivity index (χ0n) is 16.9. The summed E-state index contributed by atoms with van der Waals surface area (Å²) in [6.07, 6.45) is 1.81.